The first-order valence-corrected chi connectivity index (χ1v) is 6.81. The molecule has 0 N–H and O–H groups in total. The first-order chi connectivity index (χ1) is 9.93. The molecule has 0 aliphatic heterocycles. The Balaban J connectivity index is 0.00000132. The van der Waals surface area contributed by atoms with Crippen LogP contribution in [0, 0.1) is 0 Å². The van der Waals surface area contributed by atoms with Crippen LogP contribution in [0.25, 0.3) is 27.4 Å². The van der Waals surface area contributed by atoms with Gasteiger partial charge in [-0.15, -0.1) is 0 Å². The topological polar surface area (TPSA) is 3.88 Å². The Morgan fingerprint density at radius 1 is 0.571 bits per heavy atom. The summed E-state index contributed by atoms with van der Waals surface area (Å²) >= 11 is 0. The van der Waals surface area contributed by atoms with Crippen LogP contribution in [-0.4, -0.2) is 0 Å². The SMILES string of the molecule is [Br-].c1ccc(-[n+]2cc3ccccc3c3ccccc32)cc1. The third-order valence-corrected chi connectivity index (χ3v) is 3.72. The van der Waals surface area contributed by atoms with Crippen molar-refractivity contribution in [1.82, 2.24) is 0 Å². The van der Waals surface area contributed by atoms with E-state index in [2.05, 4.69) is 83.6 Å². The van der Waals surface area contributed by atoms with Crippen LogP contribution in [0.4, 0.5) is 0 Å². The Kier molecular flexibility index (Phi) is 3.72. The van der Waals surface area contributed by atoms with E-state index in [-0.39, 0.29) is 17.0 Å². The molecule has 0 saturated heterocycles. The molecule has 4 aromatic rings. The van der Waals surface area contributed by atoms with Crippen LogP contribution in [0.5, 0.6) is 0 Å². The van der Waals surface area contributed by atoms with Crippen LogP contribution in [0.15, 0.2) is 85.1 Å². The molecule has 1 nitrogen and oxygen atoms in total. The van der Waals surface area contributed by atoms with Crippen molar-refractivity contribution >= 4 is 21.7 Å². The normalized spacial score (nSPS) is 10.5. The predicted molar refractivity (Wildman–Crippen MR) is 83.0 cm³/mol. The number of halogens is 1. The largest absolute Gasteiger partial charge is 1.00 e. The van der Waals surface area contributed by atoms with E-state index in [4.69, 9.17) is 0 Å². The molecule has 102 valence electrons. The van der Waals surface area contributed by atoms with E-state index in [0.29, 0.717) is 0 Å². The van der Waals surface area contributed by atoms with E-state index in [0.717, 1.165) is 0 Å². The monoisotopic (exact) mass is 335 g/mol. The second-order valence-corrected chi connectivity index (χ2v) is 4.94. The summed E-state index contributed by atoms with van der Waals surface area (Å²) in [7, 11) is 0. The Labute approximate surface area is 134 Å². The molecule has 0 spiro atoms. The molecule has 0 fully saturated rings. The molecule has 3 aromatic carbocycles. The minimum atomic E-state index is 0. The van der Waals surface area contributed by atoms with Crippen LogP contribution in [0.3, 0.4) is 0 Å². The Morgan fingerprint density at radius 2 is 1.19 bits per heavy atom. The molecule has 0 unspecified atom stereocenters. The third-order valence-electron chi connectivity index (χ3n) is 3.72. The number of nitrogens with zero attached hydrogens (tertiary/aromatic N) is 1. The van der Waals surface area contributed by atoms with E-state index in [9.17, 15) is 0 Å². The summed E-state index contributed by atoms with van der Waals surface area (Å²) in [6.07, 6.45) is 2.22. The predicted octanol–water partition coefficient (Wildman–Crippen LogP) is 1.27. The van der Waals surface area contributed by atoms with Crippen molar-refractivity contribution in [3.05, 3.63) is 85.1 Å². The number of hydrogen-bond acceptors (Lipinski definition) is 0. The van der Waals surface area contributed by atoms with E-state index < -0.39 is 0 Å². The minimum Gasteiger partial charge on any atom is -1.00 e. The van der Waals surface area contributed by atoms with Gasteiger partial charge in [-0.25, -0.2) is 0 Å². The van der Waals surface area contributed by atoms with Gasteiger partial charge in [0.25, 0.3) is 0 Å². The number of rotatable bonds is 1. The van der Waals surface area contributed by atoms with Crippen molar-refractivity contribution in [3.8, 4) is 5.69 Å². The second-order valence-electron chi connectivity index (χ2n) is 4.94. The summed E-state index contributed by atoms with van der Waals surface area (Å²) in [5.74, 6) is 0. The molecule has 0 aliphatic carbocycles. The van der Waals surface area contributed by atoms with Crippen LogP contribution in [0.1, 0.15) is 0 Å². The highest BCUT2D eigenvalue weighted by Crippen LogP contribution is 2.22. The van der Waals surface area contributed by atoms with Gasteiger partial charge in [0.1, 0.15) is 0 Å². The Hall–Kier alpha value is -2.19. The van der Waals surface area contributed by atoms with Gasteiger partial charge < -0.3 is 17.0 Å². The highest BCUT2D eigenvalue weighted by Gasteiger charge is 2.14. The fourth-order valence-corrected chi connectivity index (χ4v) is 2.78. The second kappa shape index (κ2) is 5.66. The van der Waals surface area contributed by atoms with Gasteiger partial charge in [0.15, 0.2) is 6.20 Å². The fourth-order valence-electron chi connectivity index (χ4n) is 2.78. The standard InChI is InChI=1S/C19H14N.BrH/c1-2-9-16(10-3-1)20-14-15-8-4-5-11-17(15)18-12-6-7-13-19(18)20;/h1-14H;1H/q+1;/p-1. The Morgan fingerprint density at radius 3 is 2.00 bits per heavy atom. The van der Waals surface area contributed by atoms with Crippen molar-refractivity contribution < 1.29 is 21.5 Å². The quantitative estimate of drug-likeness (QED) is 0.364. The first kappa shape index (κ1) is 13.8. The Bertz CT molecular complexity index is 901. The van der Waals surface area contributed by atoms with Crippen molar-refractivity contribution in [2.45, 2.75) is 0 Å². The zero-order chi connectivity index (χ0) is 13.4. The van der Waals surface area contributed by atoms with Gasteiger partial charge >= 0.3 is 0 Å². The average molecular weight is 336 g/mol. The molecule has 0 atom stereocenters. The van der Waals surface area contributed by atoms with Gasteiger partial charge in [0.2, 0.25) is 11.2 Å². The molecule has 0 amide bonds. The van der Waals surface area contributed by atoms with Gasteiger partial charge in [0.05, 0.1) is 5.39 Å². The zero-order valence-corrected chi connectivity index (χ0v) is 13.0. The third kappa shape index (κ3) is 2.32. The number of para-hydroxylation sites is 2. The lowest BCUT2D eigenvalue weighted by Crippen LogP contribution is -3.00. The number of fused-ring (bicyclic) bond motifs is 3. The fraction of sp³-hybridized carbons (Fsp3) is 0. The molecular formula is C19H14BrN. The minimum absolute atomic E-state index is 0. The van der Waals surface area contributed by atoms with Crippen molar-refractivity contribution in [1.29, 1.82) is 0 Å². The van der Waals surface area contributed by atoms with Gasteiger partial charge in [-0.3, -0.25) is 0 Å². The summed E-state index contributed by atoms with van der Waals surface area (Å²) in [6.45, 7) is 0. The van der Waals surface area contributed by atoms with Gasteiger partial charge in [-0.2, -0.15) is 4.57 Å². The van der Waals surface area contributed by atoms with E-state index in [1.807, 2.05) is 6.07 Å². The molecular weight excluding hydrogens is 322 g/mol. The lowest BCUT2D eigenvalue weighted by Gasteiger charge is -2.04. The first-order valence-electron chi connectivity index (χ1n) is 6.81. The van der Waals surface area contributed by atoms with Crippen molar-refractivity contribution in [2.75, 3.05) is 0 Å². The molecule has 0 aliphatic rings. The number of aromatic nitrogens is 1. The maximum atomic E-state index is 2.26. The molecule has 0 bridgehead atoms. The summed E-state index contributed by atoms with van der Waals surface area (Å²) in [4.78, 5) is 0. The van der Waals surface area contributed by atoms with Gasteiger partial charge in [0, 0.05) is 29.0 Å². The van der Waals surface area contributed by atoms with Crippen molar-refractivity contribution in [3.63, 3.8) is 0 Å². The van der Waals surface area contributed by atoms with Crippen LogP contribution in [-0.2, 0) is 0 Å². The molecule has 2 heteroatoms. The average Bonchev–Trinajstić information content (AvgIpc) is 2.55. The maximum Gasteiger partial charge on any atom is 0.219 e. The van der Waals surface area contributed by atoms with E-state index in [1.54, 1.807) is 0 Å². The van der Waals surface area contributed by atoms with Crippen LogP contribution in [0.2, 0.25) is 0 Å². The van der Waals surface area contributed by atoms with Gasteiger partial charge in [-0.1, -0.05) is 48.5 Å². The molecule has 0 saturated carbocycles. The lowest BCUT2D eigenvalue weighted by molar-refractivity contribution is -0.565. The van der Waals surface area contributed by atoms with Crippen molar-refractivity contribution in [2.24, 2.45) is 0 Å². The lowest BCUT2D eigenvalue weighted by atomic mass is 10.1. The van der Waals surface area contributed by atoms with Gasteiger partial charge in [-0.05, 0) is 12.1 Å². The van der Waals surface area contributed by atoms with E-state index >= 15 is 0 Å². The molecule has 21 heavy (non-hydrogen) atoms. The summed E-state index contributed by atoms with van der Waals surface area (Å²) < 4.78 is 2.26. The zero-order valence-electron chi connectivity index (χ0n) is 11.4. The summed E-state index contributed by atoms with van der Waals surface area (Å²) in [5.41, 5.74) is 2.42. The smallest absolute Gasteiger partial charge is 0.219 e. The summed E-state index contributed by atoms with van der Waals surface area (Å²) in [5, 5.41) is 3.85. The van der Waals surface area contributed by atoms with E-state index in [1.165, 1.54) is 27.4 Å². The van der Waals surface area contributed by atoms with Crippen LogP contribution < -0.4 is 21.5 Å². The number of pyridine rings is 1. The molecule has 1 aromatic heterocycles. The van der Waals surface area contributed by atoms with Crippen LogP contribution >= 0.6 is 0 Å². The highest BCUT2D eigenvalue weighted by atomic mass is 79.9. The maximum absolute atomic E-state index is 2.26. The number of hydrogen-bond donors (Lipinski definition) is 0. The highest BCUT2D eigenvalue weighted by molar-refractivity contribution is 6.03. The summed E-state index contributed by atoms with van der Waals surface area (Å²) in [6, 6.07) is 27.6. The molecule has 0 radical (unpaired) electrons. The molecule has 1 heterocycles. The molecule has 4 rings (SSSR count). The number of benzene rings is 3.